The number of hydrogen-bond acceptors (Lipinski definition) is 5. The molecule has 1 N–H and O–H groups in total. The van der Waals surface area contributed by atoms with Crippen molar-refractivity contribution >= 4 is 11.9 Å². The van der Waals surface area contributed by atoms with Crippen molar-refractivity contribution in [2.45, 2.75) is 44.2 Å². The topological polar surface area (TPSA) is 71.8 Å². The minimum Gasteiger partial charge on any atom is -0.469 e. The highest BCUT2D eigenvalue weighted by Crippen LogP contribution is 2.27. The third-order valence-electron chi connectivity index (χ3n) is 4.97. The van der Waals surface area contributed by atoms with Crippen LogP contribution in [0.15, 0.2) is 22.8 Å². The third-order valence-corrected chi connectivity index (χ3v) is 4.97. The Balaban J connectivity index is 1.64. The molecule has 3 atom stereocenters. The maximum atomic E-state index is 12.6. The van der Waals surface area contributed by atoms with Crippen LogP contribution in [0.1, 0.15) is 31.4 Å². The van der Waals surface area contributed by atoms with Crippen LogP contribution in [0, 0.1) is 5.92 Å². The Kier molecular flexibility index (Phi) is 5.00. The van der Waals surface area contributed by atoms with E-state index in [1.54, 1.807) is 18.4 Å². The molecule has 2 aliphatic heterocycles. The minimum atomic E-state index is -0.858. The number of carbonyl (C=O) groups excluding carboxylic acids is 2. The lowest BCUT2D eigenvalue weighted by molar-refractivity contribution is -0.150. The van der Waals surface area contributed by atoms with Gasteiger partial charge in [-0.2, -0.15) is 0 Å². The molecule has 1 aromatic rings. The molecule has 2 aliphatic rings. The van der Waals surface area contributed by atoms with E-state index in [9.17, 15) is 9.59 Å². The van der Waals surface area contributed by atoms with Crippen molar-refractivity contribution in [3.63, 3.8) is 0 Å². The van der Waals surface area contributed by atoms with Gasteiger partial charge in [0.2, 0.25) is 5.91 Å². The van der Waals surface area contributed by atoms with Crippen LogP contribution in [0.4, 0.5) is 0 Å². The summed E-state index contributed by atoms with van der Waals surface area (Å²) in [5.74, 6) is -1.02. The molecule has 1 amide bonds. The smallest absolute Gasteiger partial charge is 0.318 e. The summed E-state index contributed by atoms with van der Waals surface area (Å²) in [5.41, 5.74) is 0. The lowest BCUT2D eigenvalue weighted by Gasteiger charge is -2.32. The van der Waals surface area contributed by atoms with Crippen LogP contribution in [-0.4, -0.2) is 49.1 Å². The lowest BCUT2D eigenvalue weighted by Crippen LogP contribution is -2.49. The average molecular weight is 320 g/mol. The maximum absolute atomic E-state index is 12.6. The molecule has 2 fully saturated rings. The van der Waals surface area contributed by atoms with E-state index >= 15 is 0 Å². The Labute approximate surface area is 136 Å². The number of hydrogen-bond donors (Lipinski definition) is 1. The average Bonchev–Trinajstić information content (AvgIpc) is 3.22. The number of carbonyl (C=O) groups is 2. The van der Waals surface area contributed by atoms with Crippen LogP contribution in [0.5, 0.6) is 0 Å². The van der Waals surface area contributed by atoms with Gasteiger partial charge in [-0.3, -0.25) is 14.5 Å². The first-order valence-electron chi connectivity index (χ1n) is 8.33. The van der Waals surface area contributed by atoms with Crippen molar-refractivity contribution in [2.75, 3.05) is 20.2 Å². The Morgan fingerprint density at radius 1 is 1.39 bits per heavy atom. The van der Waals surface area contributed by atoms with Gasteiger partial charge in [-0.15, -0.1) is 0 Å². The van der Waals surface area contributed by atoms with Crippen LogP contribution in [0.3, 0.4) is 0 Å². The van der Waals surface area contributed by atoms with E-state index in [0.717, 1.165) is 25.9 Å². The molecule has 23 heavy (non-hydrogen) atoms. The van der Waals surface area contributed by atoms with E-state index in [2.05, 4.69) is 10.2 Å². The van der Waals surface area contributed by atoms with Gasteiger partial charge in [-0.05, 0) is 37.9 Å². The summed E-state index contributed by atoms with van der Waals surface area (Å²) in [6.45, 7) is 2.14. The van der Waals surface area contributed by atoms with Gasteiger partial charge in [-0.1, -0.05) is 6.42 Å². The quantitative estimate of drug-likeness (QED) is 0.655. The number of amides is 1. The molecule has 0 aliphatic carbocycles. The van der Waals surface area contributed by atoms with Crippen molar-refractivity contribution in [1.29, 1.82) is 0 Å². The summed E-state index contributed by atoms with van der Waals surface area (Å²) in [6.07, 6.45) is 6.28. The molecular weight excluding hydrogens is 296 g/mol. The maximum Gasteiger partial charge on any atom is 0.318 e. The fourth-order valence-corrected chi connectivity index (χ4v) is 3.75. The zero-order valence-electron chi connectivity index (χ0n) is 13.5. The van der Waals surface area contributed by atoms with E-state index in [0.29, 0.717) is 11.8 Å². The summed E-state index contributed by atoms with van der Waals surface area (Å²) >= 11 is 0. The second-order valence-electron chi connectivity index (χ2n) is 6.36. The SMILES string of the molecule is COC(=O)[C@H](Cc1ccco1)C(=O)N[C@H]1CCN2CCCC[C@@H]12. The van der Waals surface area contributed by atoms with E-state index in [1.807, 2.05) is 0 Å². The third kappa shape index (κ3) is 3.58. The Morgan fingerprint density at radius 2 is 2.26 bits per heavy atom. The van der Waals surface area contributed by atoms with Crippen LogP contribution in [0.25, 0.3) is 0 Å². The number of methoxy groups -OCH3 is 1. The molecule has 0 spiro atoms. The van der Waals surface area contributed by atoms with Gasteiger partial charge in [0.05, 0.1) is 13.4 Å². The standard InChI is InChI=1S/C17H24N2O4/c1-22-17(21)13(11-12-5-4-10-23-12)16(20)18-14-7-9-19-8-3-2-6-15(14)19/h4-5,10,13-15H,2-3,6-9,11H2,1H3,(H,18,20)/t13-,14+,15+/m1/s1. The molecule has 1 aromatic heterocycles. The number of fused-ring (bicyclic) bond motifs is 1. The van der Waals surface area contributed by atoms with E-state index < -0.39 is 11.9 Å². The monoisotopic (exact) mass is 320 g/mol. The summed E-state index contributed by atoms with van der Waals surface area (Å²) in [6, 6.07) is 4.06. The zero-order valence-corrected chi connectivity index (χ0v) is 13.5. The van der Waals surface area contributed by atoms with Gasteiger partial charge in [0.15, 0.2) is 0 Å². The van der Waals surface area contributed by atoms with Gasteiger partial charge in [-0.25, -0.2) is 0 Å². The number of piperidine rings is 1. The number of esters is 1. The van der Waals surface area contributed by atoms with E-state index in [1.165, 1.54) is 20.0 Å². The highest BCUT2D eigenvalue weighted by molar-refractivity contribution is 5.98. The van der Waals surface area contributed by atoms with Crippen LogP contribution in [0.2, 0.25) is 0 Å². The molecule has 0 aromatic carbocycles. The molecule has 6 nitrogen and oxygen atoms in total. The largest absolute Gasteiger partial charge is 0.469 e. The molecule has 2 saturated heterocycles. The normalized spacial score (nSPS) is 25.6. The molecule has 3 rings (SSSR count). The molecule has 0 unspecified atom stereocenters. The van der Waals surface area contributed by atoms with Gasteiger partial charge in [0.1, 0.15) is 11.7 Å². The Hall–Kier alpha value is -1.82. The second-order valence-corrected chi connectivity index (χ2v) is 6.36. The van der Waals surface area contributed by atoms with Gasteiger partial charge in [0.25, 0.3) is 0 Å². The van der Waals surface area contributed by atoms with Crippen molar-refractivity contribution in [3.05, 3.63) is 24.2 Å². The van der Waals surface area contributed by atoms with Gasteiger partial charge >= 0.3 is 5.97 Å². The van der Waals surface area contributed by atoms with E-state index in [-0.39, 0.29) is 18.4 Å². The summed E-state index contributed by atoms with van der Waals surface area (Å²) in [4.78, 5) is 27.1. The van der Waals surface area contributed by atoms with Crippen LogP contribution >= 0.6 is 0 Å². The first-order chi connectivity index (χ1) is 11.2. The van der Waals surface area contributed by atoms with Crippen LogP contribution in [-0.2, 0) is 20.7 Å². The minimum absolute atomic E-state index is 0.131. The number of nitrogens with one attached hydrogen (secondary N) is 1. The number of ether oxygens (including phenoxy) is 1. The molecule has 0 bridgehead atoms. The molecule has 3 heterocycles. The Bertz CT molecular complexity index is 543. The number of furan rings is 1. The lowest BCUT2D eigenvalue weighted by atomic mass is 9.97. The molecule has 0 saturated carbocycles. The number of rotatable bonds is 5. The number of nitrogens with zero attached hydrogens (tertiary/aromatic N) is 1. The summed E-state index contributed by atoms with van der Waals surface area (Å²) < 4.78 is 10.1. The van der Waals surface area contributed by atoms with Crippen molar-refractivity contribution in [1.82, 2.24) is 10.2 Å². The van der Waals surface area contributed by atoms with Crippen molar-refractivity contribution < 1.29 is 18.7 Å². The second kappa shape index (κ2) is 7.17. The predicted octanol–water partition coefficient (Wildman–Crippen LogP) is 1.35. The molecule has 126 valence electrons. The zero-order chi connectivity index (χ0) is 16.2. The molecule has 6 heteroatoms. The summed E-state index contributed by atoms with van der Waals surface area (Å²) in [7, 11) is 1.31. The first kappa shape index (κ1) is 16.1. The molecule has 0 radical (unpaired) electrons. The van der Waals surface area contributed by atoms with Gasteiger partial charge < -0.3 is 14.5 Å². The summed E-state index contributed by atoms with van der Waals surface area (Å²) in [5, 5.41) is 3.08. The fraction of sp³-hybridized carbons (Fsp3) is 0.647. The Morgan fingerprint density at radius 3 is 3.00 bits per heavy atom. The molecular formula is C17H24N2O4. The van der Waals surface area contributed by atoms with Crippen LogP contribution < -0.4 is 5.32 Å². The highest BCUT2D eigenvalue weighted by Gasteiger charge is 2.38. The predicted molar refractivity (Wildman–Crippen MR) is 83.7 cm³/mol. The first-order valence-corrected chi connectivity index (χ1v) is 8.33. The van der Waals surface area contributed by atoms with E-state index in [4.69, 9.17) is 9.15 Å². The fourth-order valence-electron chi connectivity index (χ4n) is 3.75. The van der Waals surface area contributed by atoms with Crippen molar-refractivity contribution in [3.8, 4) is 0 Å². The van der Waals surface area contributed by atoms with Gasteiger partial charge in [0, 0.05) is 25.0 Å². The van der Waals surface area contributed by atoms with Crippen molar-refractivity contribution in [2.24, 2.45) is 5.92 Å². The highest BCUT2D eigenvalue weighted by atomic mass is 16.5.